The molecular weight excluding hydrogens is 308 g/mol. The minimum absolute atomic E-state index is 0.0716. The van der Waals surface area contributed by atoms with E-state index >= 15 is 0 Å². The number of anilines is 1. The van der Waals surface area contributed by atoms with E-state index in [0.29, 0.717) is 30.2 Å². The molecule has 122 valence electrons. The van der Waals surface area contributed by atoms with Crippen LogP contribution < -0.4 is 14.4 Å². The summed E-state index contributed by atoms with van der Waals surface area (Å²) >= 11 is 0. The number of hydrogen-bond acceptors (Lipinski definition) is 4. The Hall–Kier alpha value is -3.02. The van der Waals surface area contributed by atoms with Crippen molar-refractivity contribution < 1.29 is 19.1 Å². The highest BCUT2D eigenvalue weighted by molar-refractivity contribution is 6.01. The molecular formula is C18H16N2O4. The van der Waals surface area contributed by atoms with E-state index in [4.69, 9.17) is 9.47 Å². The van der Waals surface area contributed by atoms with E-state index in [-0.39, 0.29) is 25.2 Å². The highest BCUT2D eigenvalue weighted by Crippen LogP contribution is 2.33. The number of para-hydroxylation sites is 1. The van der Waals surface area contributed by atoms with Gasteiger partial charge >= 0.3 is 0 Å². The van der Waals surface area contributed by atoms with E-state index < -0.39 is 0 Å². The molecule has 0 aromatic heterocycles. The third-order valence-electron chi connectivity index (χ3n) is 4.20. The molecule has 0 N–H and O–H groups in total. The first-order valence-corrected chi connectivity index (χ1v) is 7.77. The molecule has 6 nitrogen and oxygen atoms in total. The van der Waals surface area contributed by atoms with E-state index in [2.05, 4.69) is 0 Å². The van der Waals surface area contributed by atoms with Crippen LogP contribution in [-0.2, 0) is 4.79 Å². The van der Waals surface area contributed by atoms with Crippen LogP contribution >= 0.6 is 0 Å². The first-order valence-electron chi connectivity index (χ1n) is 7.77. The molecule has 0 aliphatic carbocycles. The van der Waals surface area contributed by atoms with Crippen LogP contribution in [0.3, 0.4) is 0 Å². The van der Waals surface area contributed by atoms with Crippen LogP contribution in [-0.4, -0.2) is 43.1 Å². The fraction of sp³-hybridized carbons (Fsp3) is 0.222. The number of ether oxygens (including phenoxy) is 2. The van der Waals surface area contributed by atoms with Crippen molar-refractivity contribution in [1.82, 2.24) is 4.90 Å². The number of hydrogen-bond donors (Lipinski definition) is 0. The molecule has 6 heteroatoms. The number of amides is 2. The molecule has 2 aromatic rings. The molecule has 2 aromatic carbocycles. The Bertz CT molecular complexity index is 791. The quantitative estimate of drug-likeness (QED) is 0.847. The Labute approximate surface area is 139 Å². The number of rotatable bonds is 2. The van der Waals surface area contributed by atoms with Gasteiger partial charge in [-0.05, 0) is 30.3 Å². The summed E-state index contributed by atoms with van der Waals surface area (Å²) in [7, 11) is 0. The number of fused-ring (bicyclic) bond motifs is 1. The van der Waals surface area contributed by atoms with Gasteiger partial charge in [-0.15, -0.1) is 0 Å². The summed E-state index contributed by atoms with van der Waals surface area (Å²) < 4.78 is 10.6. The SMILES string of the molecule is O=C(c1ccc2c(c1)OCO2)N1CCN(c2ccccc2)C(=O)C1. The molecule has 1 fully saturated rings. The van der Waals surface area contributed by atoms with Gasteiger partial charge < -0.3 is 19.3 Å². The maximum Gasteiger partial charge on any atom is 0.254 e. The summed E-state index contributed by atoms with van der Waals surface area (Å²) in [6.07, 6.45) is 0. The first-order chi connectivity index (χ1) is 11.7. The minimum Gasteiger partial charge on any atom is -0.454 e. The predicted molar refractivity (Wildman–Crippen MR) is 87.3 cm³/mol. The average molecular weight is 324 g/mol. The summed E-state index contributed by atoms with van der Waals surface area (Å²) in [5.74, 6) is 0.947. The molecule has 2 amide bonds. The molecule has 0 unspecified atom stereocenters. The second-order valence-electron chi connectivity index (χ2n) is 5.68. The lowest BCUT2D eigenvalue weighted by Gasteiger charge is -2.34. The van der Waals surface area contributed by atoms with E-state index in [1.54, 1.807) is 28.0 Å². The summed E-state index contributed by atoms with van der Waals surface area (Å²) in [6, 6.07) is 14.6. The van der Waals surface area contributed by atoms with E-state index in [1.807, 2.05) is 30.3 Å². The highest BCUT2D eigenvalue weighted by atomic mass is 16.7. The minimum atomic E-state index is -0.172. The van der Waals surface area contributed by atoms with Crippen molar-refractivity contribution in [2.45, 2.75) is 0 Å². The van der Waals surface area contributed by atoms with Gasteiger partial charge in [0.2, 0.25) is 12.7 Å². The van der Waals surface area contributed by atoms with E-state index in [0.717, 1.165) is 5.69 Å². The van der Waals surface area contributed by atoms with E-state index in [1.165, 1.54) is 0 Å². The van der Waals surface area contributed by atoms with Gasteiger partial charge in [0.1, 0.15) is 6.54 Å². The molecule has 0 spiro atoms. The molecule has 2 heterocycles. The normalized spacial score (nSPS) is 16.4. The molecule has 0 bridgehead atoms. The zero-order valence-electron chi connectivity index (χ0n) is 13.0. The van der Waals surface area contributed by atoms with Crippen molar-refractivity contribution in [3.63, 3.8) is 0 Å². The maximum absolute atomic E-state index is 12.6. The molecule has 4 rings (SSSR count). The summed E-state index contributed by atoms with van der Waals surface area (Å²) in [5.41, 5.74) is 1.36. The third-order valence-corrected chi connectivity index (χ3v) is 4.20. The zero-order chi connectivity index (χ0) is 16.5. The van der Waals surface area contributed by atoms with Gasteiger partial charge in [-0.25, -0.2) is 0 Å². The van der Waals surface area contributed by atoms with Crippen molar-refractivity contribution in [3.8, 4) is 11.5 Å². The smallest absolute Gasteiger partial charge is 0.254 e. The number of carbonyl (C=O) groups is 2. The Morgan fingerprint density at radius 1 is 0.958 bits per heavy atom. The molecule has 2 aliphatic rings. The van der Waals surface area contributed by atoms with Gasteiger partial charge in [-0.1, -0.05) is 18.2 Å². The van der Waals surface area contributed by atoms with Gasteiger partial charge in [0.05, 0.1) is 0 Å². The lowest BCUT2D eigenvalue weighted by molar-refractivity contribution is -0.120. The van der Waals surface area contributed by atoms with Gasteiger partial charge in [-0.3, -0.25) is 9.59 Å². The second-order valence-corrected chi connectivity index (χ2v) is 5.68. The van der Waals surface area contributed by atoms with E-state index in [9.17, 15) is 9.59 Å². The lowest BCUT2D eigenvalue weighted by atomic mass is 10.1. The Morgan fingerprint density at radius 3 is 2.54 bits per heavy atom. The van der Waals surface area contributed by atoms with Gasteiger partial charge in [-0.2, -0.15) is 0 Å². The maximum atomic E-state index is 12.6. The lowest BCUT2D eigenvalue weighted by Crippen LogP contribution is -2.52. The average Bonchev–Trinajstić information content (AvgIpc) is 3.09. The van der Waals surface area contributed by atoms with Crippen LogP contribution in [0.2, 0.25) is 0 Å². The van der Waals surface area contributed by atoms with Crippen LogP contribution in [0.5, 0.6) is 11.5 Å². The summed E-state index contributed by atoms with van der Waals surface area (Å²) in [4.78, 5) is 28.3. The Balaban J connectivity index is 1.49. The molecule has 0 saturated carbocycles. The number of piperazine rings is 1. The largest absolute Gasteiger partial charge is 0.454 e. The molecule has 0 radical (unpaired) electrons. The number of benzene rings is 2. The number of carbonyl (C=O) groups excluding carboxylic acids is 2. The second kappa shape index (κ2) is 5.88. The standard InChI is InChI=1S/C18H16N2O4/c21-17-11-19(8-9-20(17)14-4-2-1-3-5-14)18(22)13-6-7-15-16(10-13)24-12-23-15/h1-7,10H,8-9,11-12H2. The van der Waals surface area contributed by atoms with Crippen molar-refractivity contribution in [1.29, 1.82) is 0 Å². The van der Waals surface area contributed by atoms with Crippen LogP contribution in [0.1, 0.15) is 10.4 Å². The van der Waals surface area contributed by atoms with Crippen molar-refractivity contribution in [2.75, 3.05) is 31.3 Å². The fourth-order valence-electron chi connectivity index (χ4n) is 2.94. The molecule has 24 heavy (non-hydrogen) atoms. The molecule has 1 saturated heterocycles. The summed E-state index contributed by atoms with van der Waals surface area (Å²) in [6.45, 7) is 1.22. The van der Waals surface area contributed by atoms with Crippen LogP contribution in [0.4, 0.5) is 5.69 Å². The first kappa shape index (κ1) is 14.6. The van der Waals surface area contributed by atoms with Crippen molar-refractivity contribution in [3.05, 3.63) is 54.1 Å². The van der Waals surface area contributed by atoms with Crippen LogP contribution in [0.25, 0.3) is 0 Å². The van der Waals surface area contributed by atoms with Gasteiger partial charge in [0, 0.05) is 24.3 Å². The van der Waals surface area contributed by atoms with Gasteiger partial charge in [0.25, 0.3) is 5.91 Å². The van der Waals surface area contributed by atoms with Gasteiger partial charge in [0.15, 0.2) is 11.5 Å². The zero-order valence-corrected chi connectivity index (χ0v) is 13.0. The Morgan fingerprint density at radius 2 is 1.75 bits per heavy atom. The van der Waals surface area contributed by atoms with Crippen molar-refractivity contribution in [2.24, 2.45) is 0 Å². The predicted octanol–water partition coefficient (Wildman–Crippen LogP) is 1.90. The third kappa shape index (κ3) is 2.56. The fourth-order valence-corrected chi connectivity index (χ4v) is 2.94. The van der Waals surface area contributed by atoms with Crippen LogP contribution in [0.15, 0.2) is 48.5 Å². The monoisotopic (exact) mass is 324 g/mol. The highest BCUT2D eigenvalue weighted by Gasteiger charge is 2.29. The Kier molecular flexibility index (Phi) is 3.57. The summed E-state index contributed by atoms with van der Waals surface area (Å²) in [5, 5.41) is 0. The molecule has 0 atom stereocenters. The van der Waals surface area contributed by atoms with Crippen molar-refractivity contribution >= 4 is 17.5 Å². The number of nitrogens with zero attached hydrogens (tertiary/aromatic N) is 2. The topological polar surface area (TPSA) is 59.1 Å². The molecule has 2 aliphatic heterocycles. The van der Waals surface area contributed by atoms with Crippen LogP contribution in [0, 0.1) is 0 Å².